The van der Waals surface area contributed by atoms with E-state index in [1.165, 1.54) is 6.92 Å². The Morgan fingerprint density at radius 2 is 1.92 bits per heavy atom. The Hall–Kier alpha value is -1.66. The maximum atomic E-state index is 11.2. The summed E-state index contributed by atoms with van der Waals surface area (Å²) in [7, 11) is 0. The minimum atomic E-state index is -0.296. The second-order valence-electron chi connectivity index (χ2n) is 2.41. The first kappa shape index (κ1) is 8.44. The number of Topliss-reactive ketones (excluding diaryl/α,β-unsaturated/α-hetero) is 1. The van der Waals surface area contributed by atoms with Crippen LogP contribution in [-0.2, 0) is 0 Å². The SMILES string of the molecule is CC(O)=[C+]C(=O)c1ccccc1. The molecule has 1 N–H and O–H groups in total. The molecule has 0 aliphatic heterocycles. The van der Waals surface area contributed by atoms with Gasteiger partial charge in [0.2, 0.25) is 5.76 Å². The van der Waals surface area contributed by atoms with E-state index in [9.17, 15) is 4.79 Å². The van der Waals surface area contributed by atoms with Crippen LogP contribution in [0.1, 0.15) is 17.3 Å². The topological polar surface area (TPSA) is 37.3 Å². The molecule has 0 saturated heterocycles. The van der Waals surface area contributed by atoms with Gasteiger partial charge in [-0.2, -0.15) is 0 Å². The summed E-state index contributed by atoms with van der Waals surface area (Å²) >= 11 is 0. The van der Waals surface area contributed by atoms with Crippen molar-refractivity contribution < 1.29 is 9.90 Å². The fourth-order valence-corrected chi connectivity index (χ4v) is 0.826. The minimum absolute atomic E-state index is 0.0937. The second kappa shape index (κ2) is 3.65. The zero-order chi connectivity index (χ0) is 8.97. The van der Waals surface area contributed by atoms with E-state index in [-0.39, 0.29) is 11.5 Å². The number of allylic oxidation sites excluding steroid dienone is 2. The highest BCUT2D eigenvalue weighted by Crippen LogP contribution is 2.01. The largest absolute Gasteiger partial charge is 0.489 e. The van der Waals surface area contributed by atoms with Gasteiger partial charge in [-0.25, -0.2) is 4.79 Å². The summed E-state index contributed by atoms with van der Waals surface area (Å²) in [6.45, 7) is 1.42. The number of aliphatic hydroxyl groups is 1. The first-order chi connectivity index (χ1) is 5.70. The van der Waals surface area contributed by atoms with Crippen molar-refractivity contribution >= 4 is 5.78 Å². The van der Waals surface area contributed by atoms with Crippen LogP contribution >= 0.6 is 0 Å². The predicted molar refractivity (Wildman–Crippen MR) is 45.8 cm³/mol. The highest BCUT2D eigenvalue weighted by atomic mass is 16.3. The Morgan fingerprint density at radius 3 is 2.42 bits per heavy atom. The highest BCUT2D eigenvalue weighted by molar-refractivity contribution is 6.01. The van der Waals surface area contributed by atoms with Crippen molar-refractivity contribution in [3.8, 4) is 0 Å². The van der Waals surface area contributed by atoms with Crippen molar-refractivity contribution in [2.24, 2.45) is 0 Å². The third-order valence-corrected chi connectivity index (χ3v) is 1.33. The molecule has 1 rings (SSSR count). The number of aliphatic hydroxyl groups excluding tert-OH is 1. The number of ketones is 1. The molecule has 2 nitrogen and oxygen atoms in total. The van der Waals surface area contributed by atoms with Gasteiger partial charge in [-0.15, -0.1) is 0 Å². The molecule has 0 unspecified atom stereocenters. The van der Waals surface area contributed by atoms with E-state index >= 15 is 0 Å². The Labute approximate surface area is 71.2 Å². The summed E-state index contributed by atoms with van der Waals surface area (Å²) in [6.07, 6.45) is 2.29. The number of hydrogen-bond acceptors (Lipinski definition) is 2. The molecule has 2 heteroatoms. The third-order valence-electron chi connectivity index (χ3n) is 1.33. The summed E-state index contributed by atoms with van der Waals surface area (Å²) in [5.41, 5.74) is 0.533. The van der Waals surface area contributed by atoms with Gasteiger partial charge in [0.15, 0.2) is 11.6 Å². The molecule has 0 spiro atoms. The molecule has 12 heavy (non-hydrogen) atoms. The van der Waals surface area contributed by atoms with Gasteiger partial charge in [0.25, 0.3) is 0 Å². The van der Waals surface area contributed by atoms with Crippen molar-refractivity contribution in [1.82, 2.24) is 0 Å². The van der Waals surface area contributed by atoms with E-state index < -0.39 is 0 Å². The monoisotopic (exact) mass is 161 g/mol. The molecule has 1 aromatic carbocycles. The van der Waals surface area contributed by atoms with Crippen LogP contribution in [0.5, 0.6) is 0 Å². The highest BCUT2D eigenvalue weighted by Gasteiger charge is 2.15. The lowest BCUT2D eigenvalue weighted by molar-refractivity contribution is 0.103. The average Bonchev–Trinajstić information content (AvgIpc) is 2.05. The molecule has 0 radical (unpaired) electrons. The van der Waals surface area contributed by atoms with E-state index in [1.54, 1.807) is 24.3 Å². The fourth-order valence-electron chi connectivity index (χ4n) is 0.826. The first-order valence-corrected chi connectivity index (χ1v) is 3.59. The molecular weight excluding hydrogens is 152 g/mol. The molecule has 0 atom stereocenters. The minimum Gasteiger partial charge on any atom is -0.489 e. The van der Waals surface area contributed by atoms with Crippen molar-refractivity contribution in [2.75, 3.05) is 0 Å². The Balaban J connectivity index is 2.87. The van der Waals surface area contributed by atoms with Gasteiger partial charge in [-0.1, -0.05) is 6.07 Å². The Kier molecular flexibility index (Phi) is 2.57. The molecule has 0 bridgehead atoms. The maximum absolute atomic E-state index is 11.2. The summed E-state index contributed by atoms with van der Waals surface area (Å²) in [5, 5.41) is 8.77. The average molecular weight is 161 g/mol. The summed E-state index contributed by atoms with van der Waals surface area (Å²) in [4.78, 5) is 11.2. The van der Waals surface area contributed by atoms with Crippen LogP contribution in [0.3, 0.4) is 0 Å². The lowest BCUT2D eigenvalue weighted by Crippen LogP contribution is -1.95. The van der Waals surface area contributed by atoms with Crippen LogP contribution in [0.15, 0.2) is 36.1 Å². The van der Waals surface area contributed by atoms with E-state index in [2.05, 4.69) is 6.08 Å². The molecule has 60 valence electrons. The molecule has 0 aromatic heterocycles. The van der Waals surface area contributed by atoms with Crippen LogP contribution in [0.4, 0.5) is 0 Å². The van der Waals surface area contributed by atoms with Crippen LogP contribution < -0.4 is 0 Å². The predicted octanol–water partition coefficient (Wildman–Crippen LogP) is 2.13. The van der Waals surface area contributed by atoms with Gasteiger partial charge in [-0.05, 0) is 12.1 Å². The molecule has 0 amide bonds. The normalized spacial score (nSPS) is 10.6. The van der Waals surface area contributed by atoms with Gasteiger partial charge in [0.05, 0.1) is 0 Å². The fraction of sp³-hybridized carbons (Fsp3) is 0.100. The maximum Gasteiger partial charge on any atom is 0.405 e. The molecule has 0 aliphatic rings. The van der Waals surface area contributed by atoms with E-state index in [0.717, 1.165) is 0 Å². The zero-order valence-corrected chi connectivity index (χ0v) is 6.74. The summed E-state index contributed by atoms with van der Waals surface area (Å²) in [6, 6.07) is 8.71. The lowest BCUT2D eigenvalue weighted by atomic mass is 10.1. The van der Waals surface area contributed by atoms with Crippen LogP contribution in [0, 0.1) is 6.08 Å². The first-order valence-electron chi connectivity index (χ1n) is 3.59. The van der Waals surface area contributed by atoms with E-state index in [4.69, 9.17) is 5.11 Å². The smallest absolute Gasteiger partial charge is 0.405 e. The van der Waals surface area contributed by atoms with Crippen LogP contribution in [0.25, 0.3) is 0 Å². The number of carbonyl (C=O) groups is 1. The van der Waals surface area contributed by atoms with Crippen LogP contribution in [0.2, 0.25) is 0 Å². The molecule has 0 fully saturated rings. The zero-order valence-electron chi connectivity index (χ0n) is 6.74. The van der Waals surface area contributed by atoms with Gasteiger partial charge in [0, 0.05) is 19.1 Å². The standard InChI is InChI=1S/C10H8O2/c1-8(11)7-10(12)9-5-3-2-4-6-9/h2-6H,1H3/p+1. The number of hydrogen-bond donors (Lipinski definition) is 1. The van der Waals surface area contributed by atoms with Crippen molar-refractivity contribution in [2.45, 2.75) is 6.92 Å². The number of benzene rings is 1. The Bertz CT molecular complexity index is 295. The van der Waals surface area contributed by atoms with E-state index in [1.807, 2.05) is 6.07 Å². The van der Waals surface area contributed by atoms with Gasteiger partial charge in [-0.3, -0.25) is 0 Å². The summed E-state index contributed by atoms with van der Waals surface area (Å²) < 4.78 is 0. The van der Waals surface area contributed by atoms with Gasteiger partial charge < -0.3 is 5.11 Å². The molecular formula is C10H9O2+. The molecule has 0 aliphatic carbocycles. The molecule has 0 saturated carbocycles. The van der Waals surface area contributed by atoms with E-state index in [0.29, 0.717) is 5.56 Å². The lowest BCUT2D eigenvalue weighted by Gasteiger charge is -1.81. The molecule has 1 aromatic rings. The summed E-state index contributed by atoms with van der Waals surface area (Å²) in [5.74, 6) is -0.389. The van der Waals surface area contributed by atoms with Crippen molar-refractivity contribution in [3.63, 3.8) is 0 Å². The second-order valence-corrected chi connectivity index (χ2v) is 2.41. The number of carbonyl (C=O) groups excluding carboxylic acids is 1. The molecule has 0 heterocycles. The van der Waals surface area contributed by atoms with Gasteiger partial charge in [0.1, 0.15) is 0 Å². The third kappa shape index (κ3) is 2.19. The van der Waals surface area contributed by atoms with Crippen LogP contribution in [-0.4, -0.2) is 10.9 Å². The number of rotatable bonds is 2. The quantitative estimate of drug-likeness (QED) is 0.312. The Morgan fingerprint density at radius 1 is 1.33 bits per heavy atom. The van der Waals surface area contributed by atoms with Gasteiger partial charge >= 0.3 is 5.78 Å². The van der Waals surface area contributed by atoms with Crippen molar-refractivity contribution in [1.29, 1.82) is 0 Å². The van der Waals surface area contributed by atoms with Crippen molar-refractivity contribution in [3.05, 3.63) is 47.7 Å².